The molecule has 0 saturated carbocycles. The summed E-state index contributed by atoms with van der Waals surface area (Å²) in [5.41, 5.74) is 1.88. The van der Waals surface area contributed by atoms with E-state index in [1.54, 1.807) is 19.2 Å². The minimum atomic E-state index is -0.421. The van der Waals surface area contributed by atoms with Gasteiger partial charge in [-0.2, -0.15) is 5.10 Å². The molecule has 1 aromatic heterocycles. The average molecular weight is 331 g/mol. The third-order valence-electron chi connectivity index (χ3n) is 2.39. The van der Waals surface area contributed by atoms with Crippen LogP contribution in [0.2, 0.25) is 0 Å². The Kier molecular flexibility index (Phi) is 3.68. The van der Waals surface area contributed by atoms with E-state index in [4.69, 9.17) is 11.6 Å². The van der Waals surface area contributed by atoms with Crippen LogP contribution in [0.15, 0.2) is 28.9 Å². The number of halogens is 2. The Balaban J connectivity index is 2.65. The summed E-state index contributed by atoms with van der Waals surface area (Å²) in [6.07, 6.45) is 1.65. The Morgan fingerprint density at radius 3 is 2.83 bits per heavy atom. The van der Waals surface area contributed by atoms with Crippen LogP contribution in [0.3, 0.4) is 0 Å². The molecule has 0 fully saturated rings. The molecule has 0 aliphatic rings. The zero-order valence-corrected chi connectivity index (χ0v) is 11.8. The van der Waals surface area contributed by atoms with E-state index in [1.807, 2.05) is 6.07 Å². The molecule has 5 nitrogen and oxygen atoms in total. The van der Waals surface area contributed by atoms with Crippen LogP contribution >= 0.6 is 27.5 Å². The average Bonchev–Trinajstić information content (AvgIpc) is 2.76. The summed E-state index contributed by atoms with van der Waals surface area (Å²) in [4.78, 5) is 10.7. The lowest BCUT2D eigenvalue weighted by Gasteiger charge is -2.07. The van der Waals surface area contributed by atoms with Crippen molar-refractivity contribution in [1.29, 1.82) is 0 Å². The monoisotopic (exact) mass is 329 g/mol. The number of aryl methyl sites for hydroxylation is 1. The maximum atomic E-state index is 11.1. The fraction of sp³-hybridized carbons (Fsp3) is 0.182. The Bertz CT molecular complexity index is 612. The first kappa shape index (κ1) is 13.0. The highest BCUT2D eigenvalue weighted by atomic mass is 79.9. The molecule has 0 aliphatic heterocycles. The van der Waals surface area contributed by atoms with Crippen LogP contribution in [0.4, 0.5) is 5.69 Å². The lowest BCUT2D eigenvalue weighted by Crippen LogP contribution is -2.03. The van der Waals surface area contributed by atoms with Crippen LogP contribution in [0.25, 0.3) is 5.69 Å². The van der Waals surface area contributed by atoms with Gasteiger partial charge in [-0.25, -0.2) is 4.68 Å². The highest BCUT2D eigenvalue weighted by Gasteiger charge is 2.20. The van der Waals surface area contributed by atoms with Crippen LogP contribution in [0.5, 0.6) is 0 Å². The second kappa shape index (κ2) is 5.07. The molecule has 94 valence electrons. The number of nitro benzene ring substituents is 1. The summed E-state index contributed by atoms with van der Waals surface area (Å²) < 4.78 is 2.08. The molecule has 0 spiro atoms. The summed E-state index contributed by atoms with van der Waals surface area (Å²) in [5, 5.41) is 15.3. The van der Waals surface area contributed by atoms with Gasteiger partial charge >= 0.3 is 0 Å². The maximum absolute atomic E-state index is 11.1. The number of aromatic nitrogens is 2. The molecule has 0 amide bonds. The lowest BCUT2D eigenvalue weighted by molar-refractivity contribution is -0.384. The molecular weight excluding hydrogens is 321 g/mol. The van der Waals surface area contributed by atoms with E-state index in [0.29, 0.717) is 15.9 Å². The first-order valence-electron chi connectivity index (χ1n) is 5.08. The van der Waals surface area contributed by atoms with Gasteiger partial charge in [0.15, 0.2) is 5.69 Å². The van der Waals surface area contributed by atoms with Crippen LogP contribution in [0.1, 0.15) is 11.3 Å². The standard InChI is InChI=1S/C11H9BrClN3O2/c1-7-4-9(12)11(10(5-7)16(17)18)15-3-2-8(6-13)14-15/h2-5H,6H2,1H3. The lowest BCUT2D eigenvalue weighted by atomic mass is 10.2. The highest BCUT2D eigenvalue weighted by Crippen LogP contribution is 2.31. The van der Waals surface area contributed by atoms with Crippen molar-refractivity contribution in [1.82, 2.24) is 9.78 Å². The topological polar surface area (TPSA) is 61.0 Å². The van der Waals surface area contributed by atoms with Crippen LogP contribution in [0, 0.1) is 17.0 Å². The van der Waals surface area contributed by atoms with Crippen LogP contribution in [-0.4, -0.2) is 14.7 Å². The molecule has 0 N–H and O–H groups in total. The molecule has 0 aliphatic carbocycles. The number of hydrogen-bond acceptors (Lipinski definition) is 3. The summed E-state index contributed by atoms with van der Waals surface area (Å²) >= 11 is 9.01. The Hall–Kier alpha value is -1.40. The number of hydrogen-bond donors (Lipinski definition) is 0. The third-order valence-corrected chi connectivity index (χ3v) is 3.27. The molecule has 1 aromatic carbocycles. The highest BCUT2D eigenvalue weighted by molar-refractivity contribution is 9.10. The number of nitro groups is 1. The number of rotatable bonds is 3. The van der Waals surface area contributed by atoms with Gasteiger partial charge in [0.05, 0.1) is 21.0 Å². The summed E-state index contributed by atoms with van der Waals surface area (Å²) in [6.45, 7) is 1.80. The predicted molar refractivity (Wildman–Crippen MR) is 72.2 cm³/mol. The van der Waals surface area contributed by atoms with Gasteiger partial charge in [-0.1, -0.05) is 0 Å². The number of nitrogens with zero attached hydrogens (tertiary/aromatic N) is 3. The molecule has 2 rings (SSSR count). The van der Waals surface area contributed by atoms with Gasteiger partial charge in [-0.15, -0.1) is 11.6 Å². The van der Waals surface area contributed by atoms with Crippen molar-refractivity contribution in [2.75, 3.05) is 0 Å². The SMILES string of the molecule is Cc1cc(Br)c(-n2ccc(CCl)n2)c([N+](=O)[O-])c1. The smallest absolute Gasteiger partial charge is 0.258 e. The normalized spacial score (nSPS) is 10.6. The van der Waals surface area contributed by atoms with Crippen LogP contribution < -0.4 is 0 Å². The molecule has 0 saturated heterocycles. The molecule has 7 heteroatoms. The minimum Gasteiger partial charge on any atom is -0.258 e. The second-order valence-corrected chi connectivity index (χ2v) is 4.88. The molecule has 1 heterocycles. The molecule has 0 atom stereocenters. The van der Waals surface area contributed by atoms with Gasteiger partial charge < -0.3 is 0 Å². The quantitative estimate of drug-likeness (QED) is 0.491. The van der Waals surface area contributed by atoms with Gasteiger partial charge in [0, 0.05) is 12.3 Å². The van der Waals surface area contributed by atoms with Crippen molar-refractivity contribution in [3.8, 4) is 5.69 Å². The fourth-order valence-electron chi connectivity index (χ4n) is 1.64. The van der Waals surface area contributed by atoms with E-state index >= 15 is 0 Å². The van der Waals surface area contributed by atoms with E-state index in [2.05, 4.69) is 21.0 Å². The summed E-state index contributed by atoms with van der Waals surface area (Å²) in [5.74, 6) is 0.268. The Labute approximate surface area is 117 Å². The summed E-state index contributed by atoms with van der Waals surface area (Å²) in [6, 6.07) is 5.05. The Morgan fingerprint density at radius 1 is 1.56 bits per heavy atom. The third kappa shape index (κ3) is 2.39. The van der Waals surface area contributed by atoms with Gasteiger partial charge in [0.25, 0.3) is 5.69 Å². The van der Waals surface area contributed by atoms with Crippen molar-refractivity contribution in [3.05, 3.63) is 50.2 Å². The zero-order valence-electron chi connectivity index (χ0n) is 9.43. The van der Waals surface area contributed by atoms with Gasteiger partial charge in [-0.3, -0.25) is 10.1 Å². The Morgan fingerprint density at radius 2 is 2.28 bits per heavy atom. The predicted octanol–water partition coefficient (Wildman–Crippen LogP) is 3.59. The summed E-state index contributed by atoms with van der Waals surface area (Å²) in [7, 11) is 0. The molecule has 0 bridgehead atoms. The largest absolute Gasteiger partial charge is 0.296 e. The number of benzene rings is 1. The van der Waals surface area contributed by atoms with Crippen molar-refractivity contribution in [3.63, 3.8) is 0 Å². The first-order chi connectivity index (χ1) is 8.52. The molecule has 2 aromatic rings. The van der Waals surface area contributed by atoms with Crippen molar-refractivity contribution in [2.24, 2.45) is 0 Å². The van der Waals surface area contributed by atoms with E-state index in [9.17, 15) is 10.1 Å². The van der Waals surface area contributed by atoms with Gasteiger partial charge in [-0.05, 0) is 40.5 Å². The van der Waals surface area contributed by atoms with Gasteiger partial charge in [0.2, 0.25) is 0 Å². The molecule has 18 heavy (non-hydrogen) atoms. The van der Waals surface area contributed by atoms with Crippen LogP contribution in [-0.2, 0) is 5.88 Å². The van der Waals surface area contributed by atoms with Crippen molar-refractivity contribution >= 4 is 33.2 Å². The van der Waals surface area contributed by atoms with E-state index in [0.717, 1.165) is 5.56 Å². The van der Waals surface area contributed by atoms with E-state index in [-0.39, 0.29) is 11.6 Å². The number of alkyl halides is 1. The molecule has 0 radical (unpaired) electrons. The van der Waals surface area contributed by atoms with E-state index < -0.39 is 4.92 Å². The first-order valence-corrected chi connectivity index (χ1v) is 6.41. The zero-order chi connectivity index (χ0) is 13.3. The maximum Gasteiger partial charge on any atom is 0.296 e. The fourth-order valence-corrected chi connectivity index (χ4v) is 2.53. The van der Waals surface area contributed by atoms with Crippen molar-refractivity contribution < 1.29 is 4.92 Å². The van der Waals surface area contributed by atoms with Gasteiger partial charge in [0.1, 0.15) is 0 Å². The minimum absolute atomic E-state index is 0.00565. The van der Waals surface area contributed by atoms with E-state index in [1.165, 1.54) is 10.7 Å². The molecule has 0 unspecified atom stereocenters. The second-order valence-electron chi connectivity index (χ2n) is 3.76. The van der Waals surface area contributed by atoms with Crippen molar-refractivity contribution in [2.45, 2.75) is 12.8 Å². The molecular formula is C11H9BrClN3O2.